The second-order valence-electron chi connectivity index (χ2n) is 1.89. The van der Waals surface area contributed by atoms with E-state index in [0.29, 0.717) is 0 Å². The molecule has 0 aliphatic rings. The van der Waals surface area contributed by atoms with Gasteiger partial charge in [-0.15, -0.1) is 0 Å². The fraction of sp³-hybridized carbons (Fsp3) is 0.750. The Kier molecular flexibility index (Phi) is 2.04. The zero-order valence-corrected chi connectivity index (χ0v) is 6.61. The SMILES string of the molecule is CC(C)(I)C(=N)N. The van der Waals surface area contributed by atoms with E-state index >= 15 is 0 Å². The molecule has 0 fully saturated rings. The topological polar surface area (TPSA) is 49.9 Å². The standard InChI is InChI=1S/C4H9IN2/c1-4(2,5)3(6)7/h1-2H3,(H3,6,7). The number of hydrogen-bond acceptors (Lipinski definition) is 1. The van der Waals surface area contributed by atoms with Crippen LogP contribution in [0.1, 0.15) is 13.8 Å². The van der Waals surface area contributed by atoms with Crippen LogP contribution in [0.2, 0.25) is 0 Å². The average Bonchev–Trinajstić information content (AvgIpc) is 1.31. The Morgan fingerprint density at radius 2 is 1.86 bits per heavy atom. The van der Waals surface area contributed by atoms with Crippen molar-refractivity contribution in [2.45, 2.75) is 17.3 Å². The summed E-state index contributed by atoms with van der Waals surface area (Å²) in [6.07, 6.45) is 0. The van der Waals surface area contributed by atoms with Gasteiger partial charge in [-0.1, -0.05) is 22.6 Å². The first kappa shape index (κ1) is 7.20. The molecule has 7 heavy (non-hydrogen) atoms. The fourth-order valence-electron chi connectivity index (χ4n) is 0. The third-order valence-corrected chi connectivity index (χ3v) is 1.22. The van der Waals surface area contributed by atoms with Crippen molar-refractivity contribution < 1.29 is 0 Å². The molecule has 0 heterocycles. The Labute approximate surface area is 57.1 Å². The highest BCUT2D eigenvalue weighted by Gasteiger charge is 2.14. The third kappa shape index (κ3) is 2.85. The highest BCUT2D eigenvalue weighted by molar-refractivity contribution is 14.1. The zero-order valence-electron chi connectivity index (χ0n) is 4.46. The molecule has 3 N–H and O–H groups in total. The number of nitrogens with one attached hydrogen (secondary N) is 1. The van der Waals surface area contributed by atoms with Crippen LogP contribution in [0.5, 0.6) is 0 Å². The molecule has 0 spiro atoms. The van der Waals surface area contributed by atoms with E-state index in [9.17, 15) is 0 Å². The van der Waals surface area contributed by atoms with Gasteiger partial charge < -0.3 is 5.73 Å². The van der Waals surface area contributed by atoms with Crippen molar-refractivity contribution in [3.05, 3.63) is 0 Å². The minimum absolute atomic E-state index is 0.169. The molecule has 0 aromatic heterocycles. The van der Waals surface area contributed by atoms with Crippen molar-refractivity contribution >= 4 is 28.4 Å². The molecule has 0 bridgehead atoms. The number of halogens is 1. The summed E-state index contributed by atoms with van der Waals surface area (Å²) in [6.45, 7) is 3.80. The Balaban J connectivity index is 3.79. The van der Waals surface area contributed by atoms with Crippen molar-refractivity contribution in [3.63, 3.8) is 0 Å². The molecule has 0 rings (SSSR count). The number of amidine groups is 1. The molecule has 2 nitrogen and oxygen atoms in total. The summed E-state index contributed by atoms with van der Waals surface area (Å²) in [5.41, 5.74) is 5.15. The largest absolute Gasteiger partial charge is 0.387 e. The summed E-state index contributed by atoms with van der Waals surface area (Å²) in [6, 6.07) is 0. The lowest BCUT2D eigenvalue weighted by molar-refractivity contribution is 0.970. The highest BCUT2D eigenvalue weighted by Crippen LogP contribution is 2.14. The molecule has 0 aromatic carbocycles. The summed E-state index contributed by atoms with van der Waals surface area (Å²) in [5, 5.41) is 6.92. The Hall–Kier alpha value is 0.200. The number of rotatable bonds is 1. The van der Waals surface area contributed by atoms with E-state index in [1.165, 1.54) is 0 Å². The second kappa shape index (κ2) is 1.98. The summed E-state index contributed by atoms with van der Waals surface area (Å²) in [4.78, 5) is 0. The third-order valence-electron chi connectivity index (χ3n) is 0.640. The van der Waals surface area contributed by atoms with Crippen molar-refractivity contribution in [2.75, 3.05) is 0 Å². The molecule has 0 saturated carbocycles. The van der Waals surface area contributed by atoms with E-state index in [1.54, 1.807) is 0 Å². The lowest BCUT2D eigenvalue weighted by atomic mass is 10.2. The predicted molar refractivity (Wildman–Crippen MR) is 40.0 cm³/mol. The van der Waals surface area contributed by atoms with E-state index < -0.39 is 0 Å². The smallest absolute Gasteiger partial charge is 0.106 e. The van der Waals surface area contributed by atoms with E-state index in [1.807, 2.05) is 13.8 Å². The maximum Gasteiger partial charge on any atom is 0.106 e. The maximum atomic E-state index is 6.92. The number of hydrogen-bond donors (Lipinski definition) is 2. The van der Waals surface area contributed by atoms with Crippen molar-refractivity contribution in [1.82, 2.24) is 0 Å². The Morgan fingerprint density at radius 1 is 1.71 bits per heavy atom. The van der Waals surface area contributed by atoms with Gasteiger partial charge >= 0.3 is 0 Å². The van der Waals surface area contributed by atoms with Gasteiger partial charge in [0.15, 0.2) is 0 Å². The van der Waals surface area contributed by atoms with Crippen molar-refractivity contribution in [1.29, 1.82) is 5.41 Å². The first-order chi connectivity index (χ1) is 2.94. The first-order valence-corrected chi connectivity index (χ1v) is 3.06. The second-order valence-corrected chi connectivity index (χ2v) is 4.58. The summed E-state index contributed by atoms with van der Waals surface area (Å²) < 4.78 is -0.169. The average molecular weight is 212 g/mol. The fourth-order valence-corrected chi connectivity index (χ4v) is 0. The molecule has 0 aromatic rings. The van der Waals surface area contributed by atoms with Crippen LogP contribution >= 0.6 is 22.6 Å². The molecule has 0 atom stereocenters. The lowest BCUT2D eigenvalue weighted by Gasteiger charge is -2.11. The lowest BCUT2D eigenvalue weighted by Crippen LogP contribution is -2.30. The van der Waals surface area contributed by atoms with Crippen LogP contribution in [0.15, 0.2) is 0 Å². The van der Waals surface area contributed by atoms with Crippen LogP contribution in [0.3, 0.4) is 0 Å². The van der Waals surface area contributed by atoms with Gasteiger partial charge in [0.05, 0.1) is 3.42 Å². The molecule has 0 saturated heterocycles. The van der Waals surface area contributed by atoms with Gasteiger partial charge in [0.1, 0.15) is 5.84 Å². The Bertz CT molecular complexity index is 82.2. The van der Waals surface area contributed by atoms with Gasteiger partial charge in [0, 0.05) is 0 Å². The minimum Gasteiger partial charge on any atom is -0.387 e. The van der Waals surface area contributed by atoms with Crippen LogP contribution in [0, 0.1) is 5.41 Å². The summed E-state index contributed by atoms with van der Waals surface area (Å²) >= 11 is 2.12. The predicted octanol–water partition coefficient (Wildman–Crippen LogP) is 1.14. The monoisotopic (exact) mass is 212 g/mol. The molecular weight excluding hydrogens is 203 g/mol. The van der Waals surface area contributed by atoms with Crippen molar-refractivity contribution in [3.8, 4) is 0 Å². The van der Waals surface area contributed by atoms with Crippen LogP contribution in [0.25, 0.3) is 0 Å². The number of nitrogens with two attached hydrogens (primary N) is 1. The van der Waals surface area contributed by atoms with Gasteiger partial charge in [-0.05, 0) is 13.8 Å². The van der Waals surface area contributed by atoms with Gasteiger partial charge in [-0.25, -0.2) is 0 Å². The molecule has 0 aliphatic heterocycles. The van der Waals surface area contributed by atoms with Gasteiger partial charge in [-0.3, -0.25) is 5.41 Å². The van der Waals surface area contributed by atoms with Crippen LogP contribution in [-0.4, -0.2) is 9.26 Å². The van der Waals surface area contributed by atoms with Crippen LogP contribution < -0.4 is 5.73 Å². The molecule has 0 aliphatic carbocycles. The van der Waals surface area contributed by atoms with Crippen molar-refractivity contribution in [2.24, 2.45) is 5.73 Å². The summed E-state index contributed by atoms with van der Waals surface area (Å²) in [7, 11) is 0. The normalized spacial score (nSPS) is 11.3. The van der Waals surface area contributed by atoms with Crippen LogP contribution in [-0.2, 0) is 0 Å². The number of alkyl halides is 1. The minimum atomic E-state index is -0.169. The van der Waals surface area contributed by atoms with E-state index in [2.05, 4.69) is 22.6 Å². The maximum absolute atomic E-state index is 6.92. The van der Waals surface area contributed by atoms with E-state index in [-0.39, 0.29) is 9.26 Å². The van der Waals surface area contributed by atoms with E-state index in [0.717, 1.165) is 0 Å². The van der Waals surface area contributed by atoms with Gasteiger partial charge in [0.2, 0.25) is 0 Å². The molecule has 0 radical (unpaired) electrons. The Morgan fingerprint density at radius 3 is 1.86 bits per heavy atom. The first-order valence-electron chi connectivity index (χ1n) is 1.98. The quantitative estimate of drug-likeness (QED) is 0.291. The molecule has 42 valence electrons. The van der Waals surface area contributed by atoms with Gasteiger partial charge in [0.25, 0.3) is 0 Å². The van der Waals surface area contributed by atoms with Gasteiger partial charge in [-0.2, -0.15) is 0 Å². The van der Waals surface area contributed by atoms with E-state index in [4.69, 9.17) is 11.1 Å². The molecule has 0 amide bonds. The van der Waals surface area contributed by atoms with Crippen LogP contribution in [0.4, 0.5) is 0 Å². The zero-order chi connectivity index (χ0) is 6.08. The summed E-state index contributed by atoms with van der Waals surface area (Å²) in [5.74, 6) is 0.230. The molecule has 3 heteroatoms. The molecular formula is C4H9IN2. The highest BCUT2D eigenvalue weighted by atomic mass is 127. The molecule has 0 unspecified atom stereocenters.